The van der Waals surface area contributed by atoms with E-state index in [0.29, 0.717) is 20.1 Å². The lowest BCUT2D eigenvalue weighted by Gasteiger charge is -2.18. The van der Waals surface area contributed by atoms with E-state index < -0.39 is 0 Å². The highest BCUT2D eigenvalue weighted by Gasteiger charge is 2.15. The zero-order valence-electron chi connectivity index (χ0n) is 9.63. The number of nitrogens with two attached hydrogens (primary N) is 1. The minimum atomic E-state index is -0.272. The van der Waals surface area contributed by atoms with E-state index in [9.17, 15) is 0 Å². The Morgan fingerprint density at radius 2 is 1.42 bits per heavy atom. The number of hydrogen-bond acceptors (Lipinski definition) is 2. The molecule has 0 aliphatic rings. The fourth-order valence-electron chi connectivity index (χ4n) is 1.82. The molecule has 0 saturated carbocycles. The lowest BCUT2D eigenvalue weighted by atomic mass is 9.99. The molecule has 0 saturated heterocycles. The Kier molecular flexibility index (Phi) is 4.96. The van der Waals surface area contributed by atoms with E-state index in [1.807, 2.05) is 6.07 Å². The normalized spacial score (nSPS) is 12.5. The van der Waals surface area contributed by atoms with Gasteiger partial charge in [-0.3, -0.25) is 5.84 Å². The summed E-state index contributed by atoms with van der Waals surface area (Å²) in [4.78, 5) is 0. The van der Waals surface area contributed by atoms with Crippen LogP contribution in [-0.2, 0) is 0 Å². The average Bonchev–Trinajstić information content (AvgIpc) is 2.33. The van der Waals surface area contributed by atoms with Crippen LogP contribution in [0.2, 0.25) is 20.1 Å². The van der Waals surface area contributed by atoms with Crippen LogP contribution in [0.1, 0.15) is 17.2 Å². The predicted octanol–water partition coefficient (Wildman–Crippen LogP) is 4.85. The summed E-state index contributed by atoms with van der Waals surface area (Å²) < 4.78 is 0. The third kappa shape index (κ3) is 3.54. The second kappa shape index (κ2) is 6.31. The first-order valence-corrected chi connectivity index (χ1v) is 6.89. The van der Waals surface area contributed by atoms with Gasteiger partial charge in [-0.05, 0) is 41.5 Å². The standard InChI is InChI=1S/C13H10Cl4N2/c14-9-3-8(4-10(15)6-9)13(19-18)7-1-2-11(16)12(17)5-7/h1-6,13,19H,18H2. The molecule has 0 aliphatic heterocycles. The molecule has 2 aromatic carbocycles. The van der Waals surface area contributed by atoms with Gasteiger partial charge in [0.1, 0.15) is 0 Å². The van der Waals surface area contributed by atoms with E-state index in [1.165, 1.54) is 0 Å². The van der Waals surface area contributed by atoms with Gasteiger partial charge in [0.05, 0.1) is 16.1 Å². The number of hydrogen-bond donors (Lipinski definition) is 2. The van der Waals surface area contributed by atoms with Gasteiger partial charge in [0.25, 0.3) is 0 Å². The SMILES string of the molecule is NNC(c1cc(Cl)cc(Cl)c1)c1ccc(Cl)c(Cl)c1. The molecule has 6 heteroatoms. The summed E-state index contributed by atoms with van der Waals surface area (Å²) in [7, 11) is 0. The van der Waals surface area contributed by atoms with Crippen LogP contribution >= 0.6 is 46.4 Å². The maximum absolute atomic E-state index is 6.01. The molecule has 0 spiro atoms. The number of benzene rings is 2. The highest BCUT2D eigenvalue weighted by atomic mass is 35.5. The summed E-state index contributed by atoms with van der Waals surface area (Å²) in [5.41, 5.74) is 4.43. The van der Waals surface area contributed by atoms with E-state index >= 15 is 0 Å². The molecule has 0 aliphatic carbocycles. The fraction of sp³-hybridized carbons (Fsp3) is 0.0769. The third-order valence-electron chi connectivity index (χ3n) is 2.66. The molecule has 0 heterocycles. The lowest BCUT2D eigenvalue weighted by Crippen LogP contribution is -2.28. The molecule has 0 amide bonds. The van der Waals surface area contributed by atoms with Gasteiger partial charge in [-0.2, -0.15) is 0 Å². The second-order valence-electron chi connectivity index (χ2n) is 3.98. The number of halogens is 4. The quantitative estimate of drug-likeness (QED) is 0.621. The molecule has 19 heavy (non-hydrogen) atoms. The molecule has 0 fully saturated rings. The largest absolute Gasteiger partial charge is 0.271 e. The van der Waals surface area contributed by atoms with Gasteiger partial charge in [-0.1, -0.05) is 52.5 Å². The van der Waals surface area contributed by atoms with Crippen LogP contribution in [0.15, 0.2) is 36.4 Å². The highest BCUT2D eigenvalue weighted by molar-refractivity contribution is 6.42. The molecule has 2 nitrogen and oxygen atoms in total. The molecule has 0 radical (unpaired) electrons. The van der Waals surface area contributed by atoms with Crippen molar-refractivity contribution in [1.82, 2.24) is 5.43 Å². The van der Waals surface area contributed by atoms with Crippen molar-refractivity contribution >= 4 is 46.4 Å². The summed E-state index contributed by atoms with van der Waals surface area (Å²) in [6.07, 6.45) is 0. The molecular formula is C13H10Cl4N2. The van der Waals surface area contributed by atoms with Crippen LogP contribution in [0, 0.1) is 0 Å². The zero-order valence-corrected chi connectivity index (χ0v) is 12.7. The van der Waals surface area contributed by atoms with Crippen molar-refractivity contribution in [2.75, 3.05) is 0 Å². The lowest BCUT2D eigenvalue weighted by molar-refractivity contribution is 0.637. The Morgan fingerprint density at radius 3 is 1.95 bits per heavy atom. The number of nitrogens with one attached hydrogen (secondary N) is 1. The molecule has 0 aromatic heterocycles. The third-order valence-corrected chi connectivity index (χ3v) is 3.84. The molecule has 3 N–H and O–H groups in total. The Bertz CT molecular complexity index is 581. The molecule has 2 aromatic rings. The number of rotatable bonds is 3. The Balaban J connectivity index is 2.46. The Hall–Kier alpha value is -0.480. The van der Waals surface area contributed by atoms with E-state index in [0.717, 1.165) is 11.1 Å². The summed E-state index contributed by atoms with van der Waals surface area (Å²) in [6.45, 7) is 0. The predicted molar refractivity (Wildman–Crippen MR) is 82.1 cm³/mol. The van der Waals surface area contributed by atoms with Crippen molar-refractivity contribution < 1.29 is 0 Å². The molecular weight excluding hydrogens is 326 g/mol. The maximum Gasteiger partial charge on any atom is 0.0711 e. The van der Waals surface area contributed by atoms with E-state index in [2.05, 4.69) is 5.43 Å². The number of hydrazine groups is 1. The molecule has 1 atom stereocenters. The minimum absolute atomic E-state index is 0.272. The fourth-order valence-corrected chi connectivity index (χ4v) is 2.67. The van der Waals surface area contributed by atoms with Crippen molar-refractivity contribution in [3.8, 4) is 0 Å². The van der Waals surface area contributed by atoms with Gasteiger partial charge in [0.2, 0.25) is 0 Å². The van der Waals surface area contributed by atoms with Gasteiger partial charge in [-0.15, -0.1) is 0 Å². The van der Waals surface area contributed by atoms with Crippen LogP contribution in [0.25, 0.3) is 0 Å². The Morgan fingerprint density at radius 1 is 0.789 bits per heavy atom. The van der Waals surface area contributed by atoms with Crippen LogP contribution in [0.3, 0.4) is 0 Å². The van der Waals surface area contributed by atoms with Crippen molar-refractivity contribution in [3.63, 3.8) is 0 Å². The zero-order chi connectivity index (χ0) is 14.0. The maximum atomic E-state index is 6.01. The minimum Gasteiger partial charge on any atom is -0.271 e. The first kappa shape index (κ1) is 14.9. The van der Waals surface area contributed by atoms with Crippen molar-refractivity contribution in [1.29, 1.82) is 0 Å². The monoisotopic (exact) mass is 334 g/mol. The van der Waals surface area contributed by atoms with E-state index in [4.69, 9.17) is 52.2 Å². The van der Waals surface area contributed by atoms with Gasteiger partial charge in [-0.25, -0.2) is 5.43 Å². The van der Waals surface area contributed by atoms with Crippen LogP contribution < -0.4 is 11.3 Å². The van der Waals surface area contributed by atoms with Crippen molar-refractivity contribution in [2.45, 2.75) is 6.04 Å². The first-order valence-electron chi connectivity index (χ1n) is 5.38. The summed E-state index contributed by atoms with van der Waals surface area (Å²) >= 11 is 23.9. The smallest absolute Gasteiger partial charge is 0.0711 e. The van der Waals surface area contributed by atoms with Gasteiger partial charge < -0.3 is 0 Å². The Labute approximate surface area is 131 Å². The van der Waals surface area contributed by atoms with Crippen LogP contribution in [-0.4, -0.2) is 0 Å². The molecule has 2 rings (SSSR count). The molecule has 100 valence electrons. The van der Waals surface area contributed by atoms with Gasteiger partial charge >= 0.3 is 0 Å². The van der Waals surface area contributed by atoms with Gasteiger partial charge in [0, 0.05) is 10.0 Å². The summed E-state index contributed by atoms with van der Waals surface area (Å²) in [6, 6.07) is 10.3. The van der Waals surface area contributed by atoms with E-state index in [-0.39, 0.29) is 6.04 Å². The van der Waals surface area contributed by atoms with Crippen molar-refractivity contribution in [2.24, 2.45) is 5.84 Å². The molecule has 1 unspecified atom stereocenters. The first-order chi connectivity index (χ1) is 9.01. The topological polar surface area (TPSA) is 38.0 Å². The highest BCUT2D eigenvalue weighted by Crippen LogP contribution is 2.31. The average molecular weight is 336 g/mol. The van der Waals surface area contributed by atoms with Crippen LogP contribution in [0.4, 0.5) is 0 Å². The van der Waals surface area contributed by atoms with E-state index in [1.54, 1.807) is 30.3 Å². The van der Waals surface area contributed by atoms with Crippen molar-refractivity contribution in [3.05, 3.63) is 67.6 Å². The summed E-state index contributed by atoms with van der Waals surface area (Å²) in [5.74, 6) is 5.61. The van der Waals surface area contributed by atoms with Crippen LogP contribution in [0.5, 0.6) is 0 Å². The molecule has 0 bridgehead atoms. The van der Waals surface area contributed by atoms with Gasteiger partial charge in [0.15, 0.2) is 0 Å². The summed E-state index contributed by atoms with van der Waals surface area (Å²) in [5, 5.41) is 2.04. The second-order valence-corrected chi connectivity index (χ2v) is 5.66.